The molecule has 0 fully saturated rings. The number of carboxylic acid groups (broad SMARTS) is 1. The molecular weight excluding hydrogens is 401 g/mol. The van der Waals surface area contributed by atoms with Crippen LogP contribution in [0.25, 0.3) is 0 Å². The Labute approximate surface area is 174 Å². The molecular formula is C21H23Cl2NO4. The maximum absolute atomic E-state index is 12.4. The molecule has 2 aromatic carbocycles. The second kappa shape index (κ2) is 10.3. The van der Waals surface area contributed by atoms with Crippen molar-refractivity contribution in [2.45, 2.75) is 38.8 Å². The molecule has 0 radical (unpaired) electrons. The minimum absolute atomic E-state index is 0.108. The number of amides is 1. The highest BCUT2D eigenvalue weighted by atomic mass is 35.5. The summed E-state index contributed by atoms with van der Waals surface area (Å²) in [6, 6.07) is 13.2. The first kappa shape index (κ1) is 22.1. The van der Waals surface area contributed by atoms with Crippen molar-refractivity contribution < 1.29 is 19.4 Å². The Kier molecular flexibility index (Phi) is 8.15. The summed E-state index contributed by atoms with van der Waals surface area (Å²) in [6.45, 7) is 3.77. The molecule has 1 amide bonds. The quantitative estimate of drug-likeness (QED) is 0.587. The van der Waals surface area contributed by atoms with Crippen LogP contribution in [0.15, 0.2) is 48.5 Å². The number of nitrogens with one attached hydrogen (secondary N) is 1. The molecule has 0 aliphatic carbocycles. The summed E-state index contributed by atoms with van der Waals surface area (Å²) in [4.78, 5) is 23.8. The number of hydrogen-bond donors (Lipinski definition) is 2. The van der Waals surface area contributed by atoms with Crippen LogP contribution in [0, 0.1) is 5.92 Å². The molecule has 7 heteroatoms. The number of carboxylic acids is 1. The van der Waals surface area contributed by atoms with Crippen molar-refractivity contribution in [3.63, 3.8) is 0 Å². The Bertz CT molecular complexity index is 826. The molecule has 2 atom stereocenters. The topological polar surface area (TPSA) is 75.6 Å². The Hall–Kier alpha value is -2.24. The van der Waals surface area contributed by atoms with E-state index in [4.69, 9.17) is 27.9 Å². The van der Waals surface area contributed by atoms with Gasteiger partial charge in [0, 0.05) is 16.5 Å². The molecule has 1 unspecified atom stereocenters. The van der Waals surface area contributed by atoms with Gasteiger partial charge in [0.05, 0.1) is 0 Å². The molecule has 0 bridgehead atoms. The first-order valence-electron chi connectivity index (χ1n) is 8.94. The van der Waals surface area contributed by atoms with E-state index in [2.05, 4.69) is 5.32 Å². The summed E-state index contributed by atoms with van der Waals surface area (Å²) in [5.41, 5.74) is 1.58. The molecule has 2 aromatic rings. The Morgan fingerprint density at radius 1 is 1.07 bits per heavy atom. The van der Waals surface area contributed by atoms with Gasteiger partial charge in [-0.2, -0.15) is 0 Å². The van der Waals surface area contributed by atoms with Crippen molar-refractivity contribution >= 4 is 35.3 Å². The summed E-state index contributed by atoms with van der Waals surface area (Å²) in [5.74, 6) is -0.989. The molecule has 0 heterocycles. The molecule has 0 aromatic heterocycles. The Morgan fingerprint density at radius 3 is 2.29 bits per heavy atom. The van der Waals surface area contributed by atoms with E-state index < -0.39 is 24.2 Å². The second-order valence-electron chi connectivity index (χ2n) is 6.95. The van der Waals surface area contributed by atoms with E-state index in [0.717, 1.165) is 5.56 Å². The fourth-order valence-electron chi connectivity index (χ4n) is 2.81. The summed E-state index contributed by atoms with van der Waals surface area (Å²) in [7, 11) is 0. The van der Waals surface area contributed by atoms with E-state index in [1.165, 1.54) is 0 Å². The third-order valence-electron chi connectivity index (χ3n) is 4.08. The molecule has 28 heavy (non-hydrogen) atoms. The largest absolute Gasteiger partial charge is 0.480 e. The maximum Gasteiger partial charge on any atom is 0.408 e. The van der Waals surface area contributed by atoms with Crippen LogP contribution in [0.1, 0.15) is 37.5 Å². The molecule has 0 saturated heterocycles. The molecule has 5 nitrogen and oxygen atoms in total. The van der Waals surface area contributed by atoms with Gasteiger partial charge in [0.25, 0.3) is 0 Å². The SMILES string of the molecule is CC(C)C[C@H](NC(=O)OC(Cc1cccc(Cl)c1)c1cccc(Cl)c1)C(=O)O. The minimum atomic E-state index is -1.10. The molecule has 0 spiro atoms. The van der Waals surface area contributed by atoms with Crippen molar-refractivity contribution in [3.05, 3.63) is 69.7 Å². The average Bonchev–Trinajstić information content (AvgIpc) is 2.60. The van der Waals surface area contributed by atoms with E-state index >= 15 is 0 Å². The van der Waals surface area contributed by atoms with Crippen molar-refractivity contribution in [1.29, 1.82) is 0 Å². The summed E-state index contributed by atoms with van der Waals surface area (Å²) >= 11 is 12.1. The van der Waals surface area contributed by atoms with Crippen LogP contribution in [0.5, 0.6) is 0 Å². The summed E-state index contributed by atoms with van der Waals surface area (Å²) < 4.78 is 5.58. The first-order chi connectivity index (χ1) is 13.2. The number of benzene rings is 2. The predicted octanol–water partition coefficient (Wildman–Crippen LogP) is 5.50. The predicted molar refractivity (Wildman–Crippen MR) is 110 cm³/mol. The molecule has 2 N–H and O–H groups in total. The van der Waals surface area contributed by atoms with Crippen molar-refractivity contribution in [2.24, 2.45) is 5.92 Å². The number of carbonyl (C=O) groups excluding carboxylic acids is 1. The van der Waals surface area contributed by atoms with E-state index in [0.29, 0.717) is 28.5 Å². The van der Waals surface area contributed by atoms with Crippen molar-refractivity contribution in [3.8, 4) is 0 Å². The fraction of sp³-hybridized carbons (Fsp3) is 0.333. The summed E-state index contributed by atoms with van der Waals surface area (Å²) in [6.07, 6.45) is -0.762. The van der Waals surface area contributed by atoms with Crippen LogP contribution >= 0.6 is 23.2 Å². The van der Waals surface area contributed by atoms with Gasteiger partial charge < -0.3 is 15.2 Å². The van der Waals surface area contributed by atoms with Crippen LogP contribution < -0.4 is 5.32 Å². The lowest BCUT2D eigenvalue weighted by molar-refractivity contribution is -0.139. The lowest BCUT2D eigenvalue weighted by Crippen LogP contribution is -2.42. The lowest BCUT2D eigenvalue weighted by Gasteiger charge is -2.22. The number of rotatable bonds is 8. The van der Waals surface area contributed by atoms with E-state index in [1.807, 2.05) is 26.0 Å². The fourth-order valence-corrected chi connectivity index (χ4v) is 3.22. The smallest absolute Gasteiger partial charge is 0.408 e. The Balaban J connectivity index is 2.19. The van der Waals surface area contributed by atoms with Crippen molar-refractivity contribution in [1.82, 2.24) is 5.32 Å². The number of carbonyl (C=O) groups is 2. The van der Waals surface area contributed by atoms with Gasteiger partial charge in [-0.05, 0) is 47.7 Å². The van der Waals surface area contributed by atoms with E-state index in [-0.39, 0.29) is 5.92 Å². The normalized spacial score (nSPS) is 13.0. The highest BCUT2D eigenvalue weighted by Gasteiger charge is 2.24. The van der Waals surface area contributed by atoms with E-state index in [1.54, 1.807) is 36.4 Å². The van der Waals surface area contributed by atoms with Gasteiger partial charge >= 0.3 is 12.1 Å². The highest BCUT2D eigenvalue weighted by molar-refractivity contribution is 6.30. The molecule has 0 aliphatic rings. The zero-order chi connectivity index (χ0) is 20.7. The van der Waals surface area contributed by atoms with Gasteiger partial charge in [0.2, 0.25) is 0 Å². The second-order valence-corrected chi connectivity index (χ2v) is 7.82. The minimum Gasteiger partial charge on any atom is -0.480 e. The monoisotopic (exact) mass is 423 g/mol. The van der Waals surface area contributed by atoms with Gasteiger partial charge in [-0.15, -0.1) is 0 Å². The van der Waals surface area contributed by atoms with Gasteiger partial charge in [-0.3, -0.25) is 0 Å². The number of alkyl carbamates (subject to hydrolysis) is 1. The zero-order valence-corrected chi connectivity index (χ0v) is 17.2. The van der Waals surface area contributed by atoms with Gasteiger partial charge in [-0.1, -0.05) is 61.3 Å². The van der Waals surface area contributed by atoms with E-state index in [9.17, 15) is 14.7 Å². The first-order valence-corrected chi connectivity index (χ1v) is 9.70. The van der Waals surface area contributed by atoms with Gasteiger partial charge in [0.1, 0.15) is 12.1 Å². The third kappa shape index (κ3) is 7.06. The maximum atomic E-state index is 12.4. The molecule has 2 rings (SSSR count). The zero-order valence-electron chi connectivity index (χ0n) is 15.7. The van der Waals surface area contributed by atoms with Crippen LogP contribution in [0.4, 0.5) is 4.79 Å². The molecule has 150 valence electrons. The molecule has 0 aliphatic heterocycles. The standard InChI is InChI=1S/C21H23Cl2NO4/c1-13(2)9-18(20(25)26)24-21(27)28-19(15-6-4-8-17(23)12-15)11-14-5-3-7-16(22)10-14/h3-8,10,12-13,18-19H,9,11H2,1-2H3,(H,24,27)(H,25,26)/t18-,19?/m0/s1. The van der Waals surface area contributed by atoms with Crippen molar-refractivity contribution in [2.75, 3.05) is 0 Å². The average molecular weight is 424 g/mol. The van der Waals surface area contributed by atoms with Crippen LogP contribution in [-0.4, -0.2) is 23.2 Å². The lowest BCUT2D eigenvalue weighted by atomic mass is 10.0. The molecule has 0 saturated carbocycles. The third-order valence-corrected chi connectivity index (χ3v) is 4.55. The Morgan fingerprint density at radius 2 is 1.71 bits per heavy atom. The van der Waals surface area contributed by atoms with Crippen LogP contribution in [-0.2, 0) is 16.0 Å². The highest BCUT2D eigenvalue weighted by Crippen LogP contribution is 2.26. The van der Waals surface area contributed by atoms with Gasteiger partial charge in [-0.25, -0.2) is 9.59 Å². The van der Waals surface area contributed by atoms with Crippen LogP contribution in [0.3, 0.4) is 0 Å². The number of ether oxygens (including phenoxy) is 1. The summed E-state index contributed by atoms with van der Waals surface area (Å²) in [5, 5.41) is 12.9. The van der Waals surface area contributed by atoms with Crippen LogP contribution in [0.2, 0.25) is 10.0 Å². The van der Waals surface area contributed by atoms with Gasteiger partial charge in [0.15, 0.2) is 0 Å². The number of halogens is 2. The number of hydrogen-bond acceptors (Lipinski definition) is 3. The number of aliphatic carboxylic acids is 1.